The van der Waals surface area contributed by atoms with Crippen molar-refractivity contribution in [1.29, 1.82) is 0 Å². The van der Waals surface area contributed by atoms with Crippen LogP contribution in [0.4, 0.5) is 4.79 Å². The molecule has 1 unspecified atom stereocenters. The maximum atomic E-state index is 12.4. The zero-order valence-corrected chi connectivity index (χ0v) is 12.9. The van der Waals surface area contributed by atoms with Crippen LogP contribution in [0.1, 0.15) is 18.4 Å². The van der Waals surface area contributed by atoms with E-state index in [9.17, 15) is 9.59 Å². The summed E-state index contributed by atoms with van der Waals surface area (Å²) in [6, 6.07) is 8.70. The minimum atomic E-state index is -0.528. The summed E-state index contributed by atoms with van der Waals surface area (Å²) in [4.78, 5) is 31.7. The highest BCUT2D eigenvalue weighted by molar-refractivity contribution is 5.85. The lowest BCUT2D eigenvalue weighted by atomic mass is 10.0. The molecule has 0 aliphatic carbocycles. The molecule has 2 bridgehead atoms. The number of urea groups is 1. The summed E-state index contributed by atoms with van der Waals surface area (Å²) >= 11 is 0. The topological polar surface area (TPSA) is 59.1 Å². The van der Waals surface area contributed by atoms with Crippen LogP contribution in [0.15, 0.2) is 43.0 Å². The van der Waals surface area contributed by atoms with Crippen LogP contribution in [0.25, 0.3) is 0 Å². The van der Waals surface area contributed by atoms with E-state index < -0.39 is 6.04 Å². The van der Waals surface area contributed by atoms with Gasteiger partial charge in [0, 0.05) is 6.54 Å². The van der Waals surface area contributed by atoms with Crippen molar-refractivity contribution in [2.24, 2.45) is 0 Å². The lowest BCUT2D eigenvalue weighted by Crippen LogP contribution is -2.45. The predicted octanol–water partition coefficient (Wildman–Crippen LogP) is 2.12. The smallest absolute Gasteiger partial charge is 0.345 e. The van der Waals surface area contributed by atoms with E-state index in [1.54, 1.807) is 11.0 Å². The number of hydrogen-bond donors (Lipinski definition) is 0. The molecular weight excluding hydrogens is 296 g/mol. The molecule has 3 rings (SSSR count). The first-order valence-electron chi connectivity index (χ1n) is 7.75. The van der Waals surface area contributed by atoms with E-state index >= 15 is 0 Å². The molecule has 2 aliphatic heterocycles. The third kappa shape index (κ3) is 3.22. The second kappa shape index (κ2) is 6.83. The number of rotatable bonds is 6. The Morgan fingerprint density at radius 3 is 2.83 bits per heavy atom. The molecule has 6 heteroatoms. The van der Waals surface area contributed by atoms with Gasteiger partial charge in [-0.3, -0.25) is 4.84 Å². The summed E-state index contributed by atoms with van der Waals surface area (Å²) in [6.07, 6.45) is 2.92. The molecule has 0 spiro atoms. The van der Waals surface area contributed by atoms with Gasteiger partial charge in [0.25, 0.3) is 0 Å². The van der Waals surface area contributed by atoms with Crippen LogP contribution < -0.4 is 0 Å². The Morgan fingerprint density at radius 2 is 2.09 bits per heavy atom. The number of ether oxygens (including phenoxy) is 1. The first-order valence-corrected chi connectivity index (χ1v) is 7.75. The van der Waals surface area contributed by atoms with Crippen LogP contribution in [0, 0.1) is 0 Å². The Balaban J connectivity index is 1.60. The first-order chi connectivity index (χ1) is 11.2. The van der Waals surface area contributed by atoms with Crippen molar-refractivity contribution in [1.82, 2.24) is 9.96 Å². The molecule has 2 aliphatic rings. The number of benzene rings is 1. The van der Waals surface area contributed by atoms with Crippen LogP contribution in [0.5, 0.6) is 0 Å². The largest absolute Gasteiger partial charge is 0.459 e. The molecule has 122 valence electrons. The maximum Gasteiger partial charge on any atom is 0.345 e. The van der Waals surface area contributed by atoms with Crippen molar-refractivity contribution >= 4 is 12.0 Å². The molecule has 23 heavy (non-hydrogen) atoms. The van der Waals surface area contributed by atoms with Gasteiger partial charge in [0.1, 0.15) is 12.6 Å². The van der Waals surface area contributed by atoms with Gasteiger partial charge in [-0.05, 0) is 18.4 Å². The SMILES string of the molecule is C=CCON1C(=O)N2CC1CC[C@H]2C(=O)OCc1ccccc1. The lowest BCUT2D eigenvalue weighted by molar-refractivity contribution is -0.151. The van der Waals surface area contributed by atoms with Gasteiger partial charge in [-0.15, -0.1) is 6.58 Å². The molecule has 6 nitrogen and oxygen atoms in total. The van der Waals surface area contributed by atoms with E-state index in [0.29, 0.717) is 13.0 Å². The predicted molar refractivity (Wildman–Crippen MR) is 83.1 cm³/mol. The standard InChI is InChI=1S/C17H20N2O4/c1-2-10-23-19-14-8-9-15(18(11-14)17(19)21)16(20)22-12-13-6-4-3-5-7-13/h2-7,14-15H,1,8-12H2/t14?,15-/m0/s1. The number of amides is 2. The van der Waals surface area contributed by atoms with Crippen LogP contribution in [-0.4, -0.2) is 47.2 Å². The fourth-order valence-electron chi connectivity index (χ4n) is 3.00. The molecule has 2 amide bonds. The van der Waals surface area contributed by atoms with E-state index in [1.807, 2.05) is 30.3 Å². The fraction of sp³-hybridized carbons (Fsp3) is 0.412. The number of piperidine rings is 1. The van der Waals surface area contributed by atoms with Crippen LogP contribution in [0.2, 0.25) is 0 Å². The summed E-state index contributed by atoms with van der Waals surface area (Å²) in [5.41, 5.74) is 0.929. The van der Waals surface area contributed by atoms with Crippen molar-refractivity contribution in [2.45, 2.75) is 31.5 Å². The highest BCUT2D eigenvalue weighted by Crippen LogP contribution is 2.30. The fourth-order valence-corrected chi connectivity index (χ4v) is 3.00. The number of carbonyl (C=O) groups excluding carboxylic acids is 2. The molecule has 2 fully saturated rings. The van der Waals surface area contributed by atoms with Gasteiger partial charge in [0.15, 0.2) is 0 Å². The van der Waals surface area contributed by atoms with Gasteiger partial charge in [-0.1, -0.05) is 36.4 Å². The molecule has 0 saturated carbocycles. The Labute approximate surface area is 135 Å². The number of nitrogens with zero attached hydrogens (tertiary/aromatic N) is 2. The quantitative estimate of drug-likeness (QED) is 0.596. The Hall–Kier alpha value is -2.34. The molecule has 1 aromatic rings. The van der Waals surface area contributed by atoms with E-state index in [1.165, 1.54) is 5.06 Å². The summed E-state index contributed by atoms with van der Waals surface area (Å²) in [6.45, 7) is 4.58. The number of hydroxylamine groups is 2. The minimum absolute atomic E-state index is 0.000577. The monoisotopic (exact) mass is 316 g/mol. The van der Waals surface area contributed by atoms with Crippen LogP contribution in [0.3, 0.4) is 0 Å². The zero-order chi connectivity index (χ0) is 16.2. The normalized spacial score (nSPS) is 23.0. The van der Waals surface area contributed by atoms with Gasteiger partial charge >= 0.3 is 12.0 Å². The number of fused-ring (bicyclic) bond motifs is 2. The summed E-state index contributed by atoms with van der Waals surface area (Å²) in [7, 11) is 0. The highest BCUT2D eigenvalue weighted by Gasteiger charge is 2.48. The Bertz CT molecular complexity index is 590. The highest BCUT2D eigenvalue weighted by atomic mass is 16.7. The van der Waals surface area contributed by atoms with E-state index in [4.69, 9.17) is 9.57 Å². The average Bonchev–Trinajstić information content (AvgIpc) is 2.83. The van der Waals surface area contributed by atoms with Gasteiger partial charge in [0.2, 0.25) is 0 Å². The molecular formula is C17H20N2O4. The average molecular weight is 316 g/mol. The van der Waals surface area contributed by atoms with E-state index in [2.05, 4.69) is 6.58 Å². The van der Waals surface area contributed by atoms with E-state index in [0.717, 1.165) is 12.0 Å². The number of carbonyl (C=O) groups is 2. The molecule has 0 N–H and O–H groups in total. The van der Waals surface area contributed by atoms with Crippen LogP contribution >= 0.6 is 0 Å². The molecule has 2 heterocycles. The van der Waals surface area contributed by atoms with Gasteiger partial charge in [-0.2, -0.15) is 5.06 Å². The van der Waals surface area contributed by atoms with Crippen molar-refractivity contribution < 1.29 is 19.2 Å². The van der Waals surface area contributed by atoms with Crippen molar-refractivity contribution in [2.75, 3.05) is 13.2 Å². The zero-order valence-electron chi connectivity index (χ0n) is 12.9. The van der Waals surface area contributed by atoms with Gasteiger partial charge in [0.05, 0.1) is 12.6 Å². The van der Waals surface area contributed by atoms with Gasteiger partial charge < -0.3 is 9.64 Å². The summed E-state index contributed by atoms with van der Waals surface area (Å²) in [5, 5.41) is 1.37. The third-order valence-corrected chi connectivity index (χ3v) is 4.15. The molecule has 1 aromatic carbocycles. The number of esters is 1. The minimum Gasteiger partial charge on any atom is -0.459 e. The maximum absolute atomic E-state index is 12.4. The second-order valence-corrected chi connectivity index (χ2v) is 5.69. The Morgan fingerprint density at radius 1 is 1.30 bits per heavy atom. The van der Waals surface area contributed by atoms with Gasteiger partial charge in [-0.25, -0.2) is 9.59 Å². The molecule has 0 aromatic heterocycles. The van der Waals surface area contributed by atoms with Crippen LogP contribution in [-0.2, 0) is 21.0 Å². The van der Waals surface area contributed by atoms with Crippen molar-refractivity contribution in [3.8, 4) is 0 Å². The number of hydrogen-bond acceptors (Lipinski definition) is 4. The van der Waals surface area contributed by atoms with Crippen molar-refractivity contribution in [3.05, 3.63) is 48.6 Å². The second-order valence-electron chi connectivity index (χ2n) is 5.69. The summed E-state index contributed by atoms with van der Waals surface area (Å²) < 4.78 is 5.37. The first kappa shape index (κ1) is 15.6. The third-order valence-electron chi connectivity index (χ3n) is 4.15. The van der Waals surface area contributed by atoms with Crippen molar-refractivity contribution in [3.63, 3.8) is 0 Å². The lowest BCUT2D eigenvalue weighted by Gasteiger charge is -2.28. The molecule has 2 atom stereocenters. The Kier molecular flexibility index (Phi) is 4.62. The molecule has 0 radical (unpaired) electrons. The molecule has 2 saturated heterocycles. The summed E-state index contributed by atoms with van der Waals surface area (Å²) in [5.74, 6) is -0.355. The van der Waals surface area contributed by atoms with E-state index in [-0.39, 0.29) is 31.3 Å².